The van der Waals surface area contributed by atoms with E-state index in [9.17, 15) is 9.50 Å². The molecule has 0 bridgehead atoms. The van der Waals surface area contributed by atoms with Crippen molar-refractivity contribution >= 4 is 12.0 Å². The Morgan fingerprint density at radius 3 is 2.79 bits per heavy atom. The maximum absolute atomic E-state index is 13.4. The van der Waals surface area contributed by atoms with E-state index < -0.39 is 0 Å². The van der Waals surface area contributed by atoms with Gasteiger partial charge < -0.3 is 15.2 Å². The van der Waals surface area contributed by atoms with Crippen molar-refractivity contribution in [3.8, 4) is 0 Å². The van der Waals surface area contributed by atoms with Gasteiger partial charge in [-0.05, 0) is 23.8 Å². The topological polar surface area (TPSA) is 82.9 Å². The number of nitrogens with one attached hydrogen (secondary N) is 1. The van der Waals surface area contributed by atoms with Crippen molar-refractivity contribution in [2.75, 3.05) is 18.5 Å². The van der Waals surface area contributed by atoms with Crippen molar-refractivity contribution in [2.45, 2.75) is 25.9 Å². The fourth-order valence-corrected chi connectivity index (χ4v) is 3.15. The van der Waals surface area contributed by atoms with Gasteiger partial charge in [-0.25, -0.2) is 19.4 Å². The molecule has 1 aromatic carbocycles. The molecule has 0 saturated heterocycles. The lowest BCUT2D eigenvalue weighted by Crippen LogP contribution is -2.28. The molecule has 2 unspecified atom stereocenters. The number of amidine groups is 1. The molecule has 3 heterocycles. The van der Waals surface area contributed by atoms with Crippen molar-refractivity contribution in [3.05, 3.63) is 66.1 Å². The molecule has 1 aromatic heterocycles. The molecule has 7 nitrogen and oxygen atoms in total. The second-order valence-electron chi connectivity index (χ2n) is 7.64. The van der Waals surface area contributed by atoms with Gasteiger partial charge in [-0.3, -0.25) is 4.90 Å². The van der Waals surface area contributed by atoms with Crippen LogP contribution in [0.4, 0.5) is 10.3 Å². The molecule has 2 atom stereocenters. The van der Waals surface area contributed by atoms with E-state index in [1.165, 1.54) is 12.1 Å². The molecule has 0 aliphatic carbocycles. The van der Waals surface area contributed by atoms with Crippen LogP contribution in [0.3, 0.4) is 0 Å². The van der Waals surface area contributed by atoms with Gasteiger partial charge in [0.25, 0.3) is 6.02 Å². The largest absolute Gasteiger partial charge is 0.432 e. The summed E-state index contributed by atoms with van der Waals surface area (Å²) in [5, 5.41) is 12.6. The Morgan fingerprint density at radius 1 is 1.25 bits per heavy atom. The summed E-state index contributed by atoms with van der Waals surface area (Å²) in [4.78, 5) is 15.5. The lowest BCUT2D eigenvalue weighted by molar-refractivity contribution is 0.170. The van der Waals surface area contributed by atoms with Gasteiger partial charge >= 0.3 is 0 Å². The molecule has 2 N–H and O–H groups in total. The standard InChI is InChI=1S/C20H22FN5O2/c1-20(2,12-27)11-23-18-22-8-7-15(24-18)17-16(13-3-5-14(21)6-4-13)25-19-26(17)9-10-28-19/h3-10,16-17,27H,11-12H2,1-2H3,(H,22,23,24). The van der Waals surface area contributed by atoms with Crippen LogP contribution in [0, 0.1) is 11.2 Å². The third-order valence-electron chi connectivity index (χ3n) is 4.81. The zero-order chi connectivity index (χ0) is 19.7. The number of rotatable bonds is 6. The summed E-state index contributed by atoms with van der Waals surface area (Å²) in [6, 6.07) is 8.14. The number of anilines is 1. The predicted octanol–water partition coefficient (Wildman–Crippen LogP) is 3.00. The molecule has 8 heteroatoms. The summed E-state index contributed by atoms with van der Waals surface area (Å²) in [6.07, 6.45) is 5.09. The molecule has 2 aromatic rings. The summed E-state index contributed by atoms with van der Waals surface area (Å²) in [7, 11) is 0. The van der Waals surface area contributed by atoms with Gasteiger partial charge in [0, 0.05) is 31.0 Å². The number of nitrogens with zero attached hydrogens (tertiary/aromatic N) is 4. The molecule has 0 saturated carbocycles. The Bertz CT molecular complexity index is 913. The number of hydrogen-bond acceptors (Lipinski definition) is 7. The molecular formula is C20H22FN5O2. The highest BCUT2D eigenvalue weighted by atomic mass is 19.1. The second kappa shape index (κ2) is 7.20. The van der Waals surface area contributed by atoms with Crippen LogP contribution >= 0.6 is 0 Å². The van der Waals surface area contributed by atoms with Crippen molar-refractivity contribution in [2.24, 2.45) is 10.4 Å². The van der Waals surface area contributed by atoms with Gasteiger partial charge in [0.1, 0.15) is 24.2 Å². The monoisotopic (exact) mass is 383 g/mol. The van der Waals surface area contributed by atoms with Gasteiger partial charge in [0.05, 0.1) is 5.69 Å². The summed E-state index contributed by atoms with van der Waals surface area (Å²) in [5.74, 6) is 0.192. The summed E-state index contributed by atoms with van der Waals surface area (Å²) < 4.78 is 18.8. The van der Waals surface area contributed by atoms with E-state index in [0.29, 0.717) is 18.5 Å². The van der Waals surface area contributed by atoms with Crippen LogP contribution in [0.5, 0.6) is 0 Å². The molecule has 2 aliphatic heterocycles. The van der Waals surface area contributed by atoms with E-state index in [0.717, 1.165) is 11.3 Å². The van der Waals surface area contributed by atoms with E-state index in [-0.39, 0.29) is 29.9 Å². The summed E-state index contributed by atoms with van der Waals surface area (Å²) >= 11 is 0. The minimum absolute atomic E-state index is 0.0576. The number of aliphatic hydroxyl groups excluding tert-OH is 1. The van der Waals surface area contributed by atoms with Crippen molar-refractivity contribution in [1.82, 2.24) is 14.9 Å². The number of aliphatic imine (C=N–C) groups is 1. The first-order chi connectivity index (χ1) is 13.5. The van der Waals surface area contributed by atoms with Crippen molar-refractivity contribution in [3.63, 3.8) is 0 Å². The van der Waals surface area contributed by atoms with Crippen LogP contribution in [0.15, 0.2) is 54.0 Å². The predicted molar refractivity (Wildman–Crippen MR) is 103 cm³/mol. The molecular weight excluding hydrogens is 361 g/mol. The molecule has 0 amide bonds. The SMILES string of the molecule is CC(C)(CO)CNc1nccc(C2C(c3ccc(F)cc3)N=C3OC=CN32)n1. The molecule has 0 fully saturated rings. The Kier molecular flexibility index (Phi) is 4.72. The first-order valence-electron chi connectivity index (χ1n) is 9.09. The first kappa shape index (κ1) is 18.4. The number of aromatic nitrogens is 2. The third-order valence-corrected chi connectivity index (χ3v) is 4.81. The molecule has 2 aliphatic rings. The average Bonchev–Trinajstić information content (AvgIpc) is 3.28. The molecule has 28 heavy (non-hydrogen) atoms. The number of benzene rings is 1. The first-order valence-corrected chi connectivity index (χ1v) is 9.09. The summed E-state index contributed by atoms with van der Waals surface area (Å²) in [5.41, 5.74) is 1.35. The van der Waals surface area contributed by atoms with Crippen LogP contribution in [-0.4, -0.2) is 39.1 Å². The highest BCUT2D eigenvalue weighted by Crippen LogP contribution is 2.43. The van der Waals surface area contributed by atoms with E-state index >= 15 is 0 Å². The molecule has 4 rings (SSSR count). The van der Waals surface area contributed by atoms with Crippen LogP contribution in [0.25, 0.3) is 0 Å². The average molecular weight is 383 g/mol. The zero-order valence-electron chi connectivity index (χ0n) is 15.7. The Labute approximate surface area is 162 Å². The quantitative estimate of drug-likeness (QED) is 0.798. The molecule has 146 valence electrons. The highest BCUT2D eigenvalue weighted by molar-refractivity contribution is 5.80. The maximum atomic E-state index is 13.4. The van der Waals surface area contributed by atoms with E-state index in [1.807, 2.05) is 31.0 Å². The van der Waals surface area contributed by atoms with Gasteiger partial charge in [-0.15, -0.1) is 0 Å². The summed E-state index contributed by atoms with van der Waals surface area (Å²) in [6.45, 7) is 4.51. The van der Waals surface area contributed by atoms with E-state index in [4.69, 9.17) is 4.74 Å². The lowest BCUT2D eigenvalue weighted by atomic mass is 9.95. The number of halogens is 1. The second-order valence-corrected chi connectivity index (χ2v) is 7.64. The van der Waals surface area contributed by atoms with Crippen LogP contribution in [0.2, 0.25) is 0 Å². The van der Waals surface area contributed by atoms with Crippen LogP contribution in [-0.2, 0) is 4.74 Å². The van der Waals surface area contributed by atoms with Crippen molar-refractivity contribution < 1.29 is 14.2 Å². The van der Waals surface area contributed by atoms with E-state index in [1.54, 1.807) is 24.6 Å². The molecule has 0 spiro atoms. The van der Waals surface area contributed by atoms with Gasteiger partial charge in [0.15, 0.2) is 0 Å². The van der Waals surface area contributed by atoms with Gasteiger partial charge in [0.2, 0.25) is 5.95 Å². The molecule has 0 radical (unpaired) electrons. The Hall–Kier alpha value is -3.00. The number of hydrogen-bond donors (Lipinski definition) is 2. The van der Waals surface area contributed by atoms with E-state index in [2.05, 4.69) is 20.3 Å². The number of aliphatic hydroxyl groups is 1. The number of fused-ring (bicyclic) bond motifs is 1. The van der Waals surface area contributed by atoms with Crippen LogP contribution in [0.1, 0.15) is 37.2 Å². The maximum Gasteiger partial charge on any atom is 0.298 e. The smallest absolute Gasteiger partial charge is 0.298 e. The fourth-order valence-electron chi connectivity index (χ4n) is 3.15. The number of ether oxygens (including phenoxy) is 1. The highest BCUT2D eigenvalue weighted by Gasteiger charge is 2.41. The zero-order valence-corrected chi connectivity index (χ0v) is 15.7. The van der Waals surface area contributed by atoms with Crippen molar-refractivity contribution in [1.29, 1.82) is 0 Å². The Morgan fingerprint density at radius 2 is 2.04 bits per heavy atom. The van der Waals surface area contributed by atoms with Gasteiger partial charge in [-0.1, -0.05) is 26.0 Å². The fraction of sp³-hybridized carbons (Fsp3) is 0.350. The minimum atomic E-state index is -0.289. The van der Waals surface area contributed by atoms with Crippen LogP contribution < -0.4 is 5.32 Å². The minimum Gasteiger partial charge on any atom is -0.432 e. The normalized spacial score (nSPS) is 20.7. The third kappa shape index (κ3) is 3.55. The van der Waals surface area contributed by atoms with Gasteiger partial charge in [-0.2, -0.15) is 0 Å². The lowest BCUT2D eigenvalue weighted by Gasteiger charge is -2.25. The Balaban J connectivity index is 1.63.